The summed E-state index contributed by atoms with van der Waals surface area (Å²) in [6, 6.07) is 9.48. The Hall–Kier alpha value is -0.266. The first kappa shape index (κ1) is 5.86. The molecular formula is C6H5OTi. The fourth-order valence-corrected chi connectivity index (χ4v) is 1.02. The maximum absolute atomic E-state index is 10.3. The second-order valence-electron chi connectivity index (χ2n) is 1.47. The Balaban J connectivity index is 2.99. The van der Waals surface area contributed by atoms with E-state index in [-0.39, 0.29) is 0 Å². The topological polar surface area (TPSA) is 17.1 Å². The van der Waals surface area contributed by atoms with Gasteiger partial charge in [-0.2, -0.15) is 0 Å². The van der Waals surface area contributed by atoms with E-state index in [1.54, 1.807) is 0 Å². The van der Waals surface area contributed by atoms with E-state index in [0.717, 1.165) is 3.87 Å². The van der Waals surface area contributed by atoms with Gasteiger partial charge in [0.05, 0.1) is 0 Å². The standard InChI is InChI=1S/C6H5.O.Ti/c1-2-4-6-5-3-1;;/h1-5H;;. The first-order chi connectivity index (χ1) is 3.93. The SMILES string of the molecule is [O]=[Ti][c]1ccccc1. The van der Waals surface area contributed by atoms with Crippen molar-refractivity contribution in [3.63, 3.8) is 0 Å². The average Bonchev–Trinajstić information content (AvgIpc) is 1.90. The summed E-state index contributed by atoms with van der Waals surface area (Å²) in [6.45, 7) is 0. The third-order valence-corrected chi connectivity index (χ3v) is 1.78. The van der Waals surface area contributed by atoms with Crippen molar-refractivity contribution in [2.45, 2.75) is 0 Å². The van der Waals surface area contributed by atoms with Gasteiger partial charge >= 0.3 is 56.6 Å². The molecule has 8 heavy (non-hydrogen) atoms. The molecule has 0 spiro atoms. The molecule has 0 aliphatic carbocycles. The van der Waals surface area contributed by atoms with Crippen molar-refractivity contribution in [1.82, 2.24) is 0 Å². The third kappa shape index (κ3) is 1.36. The molecule has 1 nitrogen and oxygen atoms in total. The quantitative estimate of drug-likeness (QED) is 0.527. The fraction of sp³-hybridized carbons (Fsp3) is 0. The van der Waals surface area contributed by atoms with Gasteiger partial charge in [0.1, 0.15) is 0 Å². The Labute approximate surface area is 57.0 Å². The van der Waals surface area contributed by atoms with E-state index < -0.39 is 19.1 Å². The van der Waals surface area contributed by atoms with Crippen LogP contribution in [0.25, 0.3) is 0 Å². The summed E-state index contributed by atoms with van der Waals surface area (Å²) >= 11 is -1.05. The average molecular weight is 141 g/mol. The van der Waals surface area contributed by atoms with Gasteiger partial charge in [0.15, 0.2) is 0 Å². The molecule has 39 valence electrons. The van der Waals surface area contributed by atoms with Gasteiger partial charge in [-0.3, -0.25) is 0 Å². The van der Waals surface area contributed by atoms with Gasteiger partial charge < -0.3 is 0 Å². The van der Waals surface area contributed by atoms with Gasteiger partial charge in [-0.1, -0.05) is 0 Å². The molecule has 1 aromatic rings. The predicted molar refractivity (Wildman–Crippen MR) is 26.8 cm³/mol. The van der Waals surface area contributed by atoms with Crippen molar-refractivity contribution >= 4 is 3.87 Å². The summed E-state index contributed by atoms with van der Waals surface area (Å²) in [5.41, 5.74) is 0. The Morgan fingerprint density at radius 1 is 1.12 bits per heavy atom. The van der Waals surface area contributed by atoms with Gasteiger partial charge in [0.25, 0.3) is 0 Å². The zero-order chi connectivity index (χ0) is 5.82. The Bertz CT molecular complexity index is 171. The summed E-state index contributed by atoms with van der Waals surface area (Å²) in [5.74, 6) is 0. The Kier molecular flexibility index (Phi) is 2.13. The minimum atomic E-state index is -1.05. The summed E-state index contributed by atoms with van der Waals surface area (Å²) < 4.78 is 11.2. The molecule has 1 rings (SSSR count). The van der Waals surface area contributed by atoms with Crippen LogP contribution in [0.3, 0.4) is 0 Å². The molecule has 0 bridgehead atoms. The molecule has 0 radical (unpaired) electrons. The molecule has 0 atom stereocenters. The van der Waals surface area contributed by atoms with Gasteiger partial charge in [-0.25, -0.2) is 0 Å². The number of hydrogen-bond acceptors (Lipinski definition) is 1. The van der Waals surface area contributed by atoms with E-state index in [0.29, 0.717) is 0 Å². The second kappa shape index (κ2) is 2.90. The third-order valence-electron chi connectivity index (χ3n) is 0.892. The van der Waals surface area contributed by atoms with E-state index >= 15 is 0 Å². The van der Waals surface area contributed by atoms with Crippen LogP contribution in [0.2, 0.25) is 0 Å². The zero-order valence-corrected chi connectivity index (χ0v) is 5.86. The summed E-state index contributed by atoms with van der Waals surface area (Å²) in [4.78, 5) is 0. The molecule has 1 aromatic carbocycles. The maximum atomic E-state index is 10.3. The van der Waals surface area contributed by atoms with Crippen molar-refractivity contribution in [3.05, 3.63) is 30.3 Å². The molecule has 0 aliphatic heterocycles. The van der Waals surface area contributed by atoms with Gasteiger partial charge in [-0.15, -0.1) is 0 Å². The van der Waals surface area contributed by atoms with Crippen LogP contribution < -0.4 is 3.87 Å². The van der Waals surface area contributed by atoms with Gasteiger partial charge in [0.2, 0.25) is 0 Å². The van der Waals surface area contributed by atoms with Gasteiger partial charge in [0, 0.05) is 0 Å². The van der Waals surface area contributed by atoms with Crippen molar-refractivity contribution in [2.24, 2.45) is 0 Å². The van der Waals surface area contributed by atoms with Crippen molar-refractivity contribution in [1.29, 1.82) is 0 Å². The monoisotopic (exact) mass is 141 g/mol. The van der Waals surface area contributed by atoms with E-state index in [1.807, 2.05) is 30.3 Å². The van der Waals surface area contributed by atoms with Crippen molar-refractivity contribution in [3.8, 4) is 0 Å². The van der Waals surface area contributed by atoms with Crippen LogP contribution in [0.4, 0.5) is 0 Å². The molecule has 0 fully saturated rings. The first-order valence-corrected chi connectivity index (χ1v) is 3.78. The first-order valence-electron chi connectivity index (χ1n) is 2.36. The van der Waals surface area contributed by atoms with E-state index in [9.17, 15) is 3.32 Å². The number of benzene rings is 1. The molecule has 0 aliphatic rings. The molecular weight excluding hydrogens is 136 g/mol. The van der Waals surface area contributed by atoms with Crippen LogP contribution in [0.1, 0.15) is 0 Å². The van der Waals surface area contributed by atoms with Crippen LogP contribution in [0, 0.1) is 0 Å². The molecule has 0 unspecified atom stereocenters. The van der Waals surface area contributed by atoms with Crippen LogP contribution in [-0.2, 0) is 22.4 Å². The van der Waals surface area contributed by atoms with Crippen molar-refractivity contribution in [2.75, 3.05) is 0 Å². The molecule has 0 heterocycles. The van der Waals surface area contributed by atoms with E-state index in [4.69, 9.17) is 0 Å². The second-order valence-corrected chi connectivity index (χ2v) is 2.69. The fourth-order valence-electron chi connectivity index (χ4n) is 0.506. The van der Waals surface area contributed by atoms with Crippen LogP contribution in [-0.4, -0.2) is 0 Å². The molecule has 0 N–H and O–H groups in total. The zero-order valence-electron chi connectivity index (χ0n) is 4.29. The summed E-state index contributed by atoms with van der Waals surface area (Å²) in [6.07, 6.45) is 0. The van der Waals surface area contributed by atoms with Crippen LogP contribution >= 0.6 is 0 Å². The molecule has 0 aromatic heterocycles. The Morgan fingerprint density at radius 2 is 1.75 bits per heavy atom. The van der Waals surface area contributed by atoms with E-state index in [1.165, 1.54) is 0 Å². The molecule has 2 heteroatoms. The number of rotatable bonds is 1. The van der Waals surface area contributed by atoms with E-state index in [2.05, 4.69) is 0 Å². The normalized spacial score (nSPS) is 8.00. The van der Waals surface area contributed by atoms with Gasteiger partial charge in [-0.05, 0) is 0 Å². The van der Waals surface area contributed by atoms with Crippen LogP contribution in [0.5, 0.6) is 0 Å². The van der Waals surface area contributed by atoms with Crippen LogP contribution in [0.15, 0.2) is 30.3 Å². The minimum absolute atomic E-state index is 0.979. The predicted octanol–water partition coefficient (Wildman–Crippen LogP) is 0.740. The number of hydrogen-bond donors (Lipinski definition) is 0. The summed E-state index contributed by atoms with van der Waals surface area (Å²) in [7, 11) is 0. The molecule has 0 amide bonds. The molecule has 0 saturated carbocycles. The Morgan fingerprint density at radius 3 is 2.12 bits per heavy atom. The summed E-state index contributed by atoms with van der Waals surface area (Å²) in [5, 5.41) is 0. The molecule has 0 saturated heterocycles. The van der Waals surface area contributed by atoms with Crippen molar-refractivity contribution < 1.29 is 22.4 Å².